The molecule has 5 heteroatoms. The van der Waals surface area contributed by atoms with Crippen LogP contribution in [-0.2, 0) is 6.42 Å². The van der Waals surface area contributed by atoms with Crippen molar-refractivity contribution in [1.82, 2.24) is 0 Å². The third kappa shape index (κ3) is 2.42. The first-order valence-electron chi connectivity index (χ1n) is 6.19. The van der Waals surface area contributed by atoms with Gasteiger partial charge in [-0.15, -0.1) is 11.3 Å². The van der Waals surface area contributed by atoms with Crippen LogP contribution in [0.2, 0.25) is 0 Å². The smallest absolute Gasteiger partial charge is 0.125 e. The second-order valence-corrected chi connectivity index (χ2v) is 7.10. The Bertz CT molecular complexity index is 599. The molecular weight excluding hydrogens is 327 g/mol. The molecule has 19 heavy (non-hydrogen) atoms. The van der Waals surface area contributed by atoms with Crippen LogP contribution in [-0.4, -0.2) is 13.1 Å². The number of fused-ring (bicyclic) bond motifs is 1. The molecule has 0 spiro atoms. The average Bonchev–Trinajstić information content (AvgIpc) is 2.98. The fourth-order valence-corrected chi connectivity index (χ4v) is 4.15. The highest BCUT2D eigenvalue weighted by atomic mass is 79.9. The minimum atomic E-state index is -0.186. The van der Waals surface area contributed by atoms with Gasteiger partial charge >= 0.3 is 0 Å². The minimum Gasteiger partial charge on any atom is -0.362 e. The molecule has 0 saturated carbocycles. The van der Waals surface area contributed by atoms with E-state index in [0.29, 0.717) is 6.54 Å². The van der Waals surface area contributed by atoms with Gasteiger partial charge in [0.1, 0.15) is 5.82 Å². The van der Waals surface area contributed by atoms with E-state index in [4.69, 9.17) is 5.73 Å². The molecule has 2 nitrogen and oxygen atoms in total. The van der Waals surface area contributed by atoms with Crippen molar-refractivity contribution < 1.29 is 4.39 Å². The summed E-state index contributed by atoms with van der Waals surface area (Å²) in [5, 5.41) is 0. The number of hydrogen-bond acceptors (Lipinski definition) is 3. The van der Waals surface area contributed by atoms with Crippen molar-refractivity contribution in [2.75, 3.05) is 18.0 Å². The molecule has 0 aliphatic carbocycles. The van der Waals surface area contributed by atoms with E-state index >= 15 is 0 Å². The molecule has 1 unspecified atom stereocenters. The lowest BCUT2D eigenvalue weighted by Crippen LogP contribution is -2.31. The van der Waals surface area contributed by atoms with Gasteiger partial charge in [0.05, 0.1) is 9.83 Å². The maximum absolute atomic E-state index is 13.4. The van der Waals surface area contributed by atoms with Gasteiger partial charge in [-0.25, -0.2) is 4.39 Å². The zero-order valence-corrected chi connectivity index (χ0v) is 12.7. The molecule has 0 bridgehead atoms. The number of hydrogen-bond donors (Lipinski definition) is 1. The first-order valence-corrected chi connectivity index (χ1v) is 7.80. The van der Waals surface area contributed by atoms with Crippen molar-refractivity contribution in [3.63, 3.8) is 0 Å². The largest absolute Gasteiger partial charge is 0.362 e. The van der Waals surface area contributed by atoms with Crippen molar-refractivity contribution in [2.24, 2.45) is 5.73 Å². The predicted octanol–water partition coefficient (Wildman–Crippen LogP) is 3.71. The molecular formula is C14H14BrFN2S. The standard InChI is InChI=1S/C14H14BrFN2S/c15-14-4-3-13(19-14)12(8-17)18-6-5-9-1-2-10(16)7-11(9)18/h1-4,7,12H,5-6,8,17H2. The highest BCUT2D eigenvalue weighted by molar-refractivity contribution is 9.11. The Kier molecular flexibility index (Phi) is 3.60. The summed E-state index contributed by atoms with van der Waals surface area (Å²) in [6, 6.07) is 9.27. The number of thiophene rings is 1. The van der Waals surface area contributed by atoms with Gasteiger partial charge in [0.15, 0.2) is 0 Å². The summed E-state index contributed by atoms with van der Waals surface area (Å²) in [6.07, 6.45) is 0.957. The monoisotopic (exact) mass is 340 g/mol. The summed E-state index contributed by atoms with van der Waals surface area (Å²) in [5.74, 6) is -0.186. The molecule has 3 rings (SSSR count). The average molecular weight is 341 g/mol. The molecule has 0 saturated heterocycles. The second kappa shape index (κ2) is 5.23. The van der Waals surface area contributed by atoms with Crippen LogP contribution in [0.15, 0.2) is 34.1 Å². The molecule has 0 fully saturated rings. The molecule has 1 aliphatic rings. The number of nitrogens with two attached hydrogens (primary N) is 1. The van der Waals surface area contributed by atoms with Crippen molar-refractivity contribution in [2.45, 2.75) is 12.5 Å². The summed E-state index contributed by atoms with van der Waals surface area (Å²) in [7, 11) is 0. The van der Waals surface area contributed by atoms with Crippen molar-refractivity contribution >= 4 is 33.0 Å². The van der Waals surface area contributed by atoms with E-state index in [0.717, 1.165) is 22.4 Å². The summed E-state index contributed by atoms with van der Waals surface area (Å²) >= 11 is 5.17. The molecule has 1 aromatic heterocycles. The molecule has 2 N–H and O–H groups in total. The van der Waals surface area contributed by atoms with E-state index < -0.39 is 0 Å². The van der Waals surface area contributed by atoms with Crippen LogP contribution in [0.25, 0.3) is 0 Å². The van der Waals surface area contributed by atoms with Crippen molar-refractivity contribution in [3.05, 3.63) is 50.4 Å². The Balaban J connectivity index is 1.97. The molecule has 1 atom stereocenters. The number of anilines is 1. The van der Waals surface area contributed by atoms with Crippen LogP contribution >= 0.6 is 27.3 Å². The van der Waals surface area contributed by atoms with Crippen molar-refractivity contribution in [3.8, 4) is 0 Å². The SMILES string of the molecule is NCC(c1ccc(Br)s1)N1CCc2ccc(F)cc21. The lowest BCUT2D eigenvalue weighted by Gasteiger charge is -2.28. The quantitative estimate of drug-likeness (QED) is 0.922. The van der Waals surface area contributed by atoms with Gasteiger partial charge in [-0.05, 0) is 52.2 Å². The summed E-state index contributed by atoms with van der Waals surface area (Å²) in [4.78, 5) is 3.43. The number of nitrogens with zero attached hydrogens (tertiary/aromatic N) is 1. The van der Waals surface area contributed by atoms with Crippen molar-refractivity contribution in [1.29, 1.82) is 0 Å². The normalized spacial score (nSPS) is 15.6. The topological polar surface area (TPSA) is 29.3 Å². The molecule has 100 valence electrons. The molecule has 2 heterocycles. The summed E-state index contributed by atoms with van der Waals surface area (Å²) in [6.45, 7) is 1.43. The van der Waals surface area contributed by atoms with Gasteiger partial charge in [-0.3, -0.25) is 0 Å². The van der Waals surface area contributed by atoms with Gasteiger partial charge in [-0.1, -0.05) is 6.07 Å². The first-order chi connectivity index (χ1) is 9.19. The Morgan fingerprint density at radius 2 is 2.21 bits per heavy atom. The summed E-state index contributed by atoms with van der Waals surface area (Å²) in [5.41, 5.74) is 8.14. The van der Waals surface area contributed by atoms with E-state index in [1.165, 1.54) is 16.5 Å². The van der Waals surface area contributed by atoms with Crippen LogP contribution < -0.4 is 10.6 Å². The zero-order chi connectivity index (χ0) is 13.4. The summed E-state index contributed by atoms with van der Waals surface area (Å²) < 4.78 is 14.5. The maximum Gasteiger partial charge on any atom is 0.125 e. The fourth-order valence-electron chi connectivity index (χ4n) is 2.61. The Hall–Kier alpha value is -0.910. The lowest BCUT2D eigenvalue weighted by atomic mass is 10.1. The lowest BCUT2D eigenvalue weighted by molar-refractivity contribution is 0.623. The van der Waals surface area contributed by atoms with Crippen LogP contribution in [0.1, 0.15) is 16.5 Å². The Labute approximate surface area is 124 Å². The van der Waals surface area contributed by atoms with E-state index in [2.05, 4.69) is 26.9 Å². The van der Waals surface area contributed by atoms with E-state index in [1.807, 2.05) is 12.1 Å². The minimum absolute atomic E-state index is 0.124. The van der Waals surface area contributed by atoms with Gasteiger partial charge in [0.25, 0.3) is 0 Å². The van der Waals surface area contributed by atoms with Gasteiger partial charge in [0.2, 0.25) is 0 Å². The zero-order valence-electron chi connectivity index (χ0n) is 10.3. The second-order valence-electron chi connectivity index (χ2n) is 4.61. The Morgan fingerprint density at radius 3 is 2.89 bits per heavy atom. The van der Waals surface area contributed by atoms with Gasteiger partial charge in [0, 0.05) is 23.7 Å². The number of benzene rings is 1. The number of rotatable bonds is 3. The Morgan fingerprint density at radius 1 is 1.37 bits per heavy atom. The third-order valence-corrected chi connectivity index (χ3v) is 5.23. The number of halogens is 2. The van der Waals surface area contributed by atoms with Crippen LogP contribution in [0.3, 0.4) is 0 Å². The predicted molar refractivity (Wildman–Crippen MR) is 81.3 cm³/mol. The van der Waals surface area contributed by atoms with Crippen LogP contribution in [0.5, 0.6) is 0 Å². The fraction of sp³-hybridized carbons (Fsp3) is 0.286. The highest BCUT2D eigenvalue weighted by Crippen LogP contribution is 2.38. The van der Waals surface area contributed by atoms with E-state index in [-0.39, 0.29) is 11.9 Å². The molecule has 1 aromatic carbocycles. The van der Waals surface area contributed by atoms with Crippen LogP contribution in [0.4, 0.5) is 10.1 Å². The van der Waals surface area contributed by atoms with E-state index in [1.54, 1.807) is 17.4 Å². The van der Waals surface area contributed by atoms with Crippen LogP contribution in [0, 0.1) is 5.82 Å². The van der Waals surface area contributed by atoms with Gasteiger partial charge in [-0.2, -0.15) is 0 Å². The molecule has 2 aromatic rings. The maximum atomic E-state index is 13.4. The first kappa shape index (κ1) is 13.1. The van der Waals surface area contributed by atoms with E-state index in [9.17, 15) is 4.39 Å². The molecule has 0 amide bonds. The molecule has 1 aliphatic heterocycles. The van der Waals surface area contributed by atoms with Gasteiger partial charge < -0.3 is 10.6 Å². The molecule has 0 radical (unpaired) electrons. The highest BCUT2D eigenvalue weighted by Gasteiger charge is 2.27. The third-order valence-electron chi connectivity index (χ3n) is 3.50.